The van der Waals surface area contributed by atoms with Crippen molar-refractivity contribution in [3.05, 3.63) is 60.7 Å². The number of nitrogens with one attached hydrogen (secondary N) is 2. The minimum atomic E-state index is 0.537. The van der Waals surface area contributed by atoms with E-state index < -0.39 is 0 Å². The van der Waals surface area contributed by atoms with Crippen molar-refractivity contribution in [1.29, 1.82) is 0 Å². The van der Waals surface area contributed by atoms with Crippen molar-refractivity contribution in [2.45, 2.75) is 13.8 Å². The number of anilines is 4. The zero-order valence-corrected chi connectivity index (χ0v) is 16.4. The lowest BCUT2D eigenvalue weighted by atomic mass is 10.1. The Balaban J connectivity index is 1.89. The van der Waals surface area contributed by atoms with Crippen LogP contribution in [-0.2, 0) is 0 Å². The monoisotopic (exact) mass is 361 g/mol. The Morgan fingerprint density at radius 3 is 2.26 bits per heavy atom. The predicted octanol–water partition coefficient (Wildman–Crippen LogP) is 5.02. The van der Waals surface area contributed by atoms with Gasteiger partial charge in [0.1, 0.15) is 5.82 Å². The van der Waals surface area contributed by atoms with Crippen LogP contribution in [0.2, 0.25) is 0 Å². The highest BCUT2D eigenvalue weighted by molar-refractivity contribution is 5.66. The average molecular weight is 361 g/mol. The molecular weight excluding hydrogens is 334 g/mol. The maximum Gasteiger partial charge on any atom is 0.229 e. The molecule has 5 nitrogen and oxygen atoms in total. The Bertz CT molecular complexity index is 858. The van der Waals surface area contributed by atoms with Gasteiger partial charge in [0.25, 0.3) is 0 Å². The summed E-state index contributed by atoms with van der Waals surface area (Å²) >= 11 is 0. The van der Waals surface area contributed by atoms with Crippen LogP contribution in [0.4, 0.5) is 23.1 Å². The quantitative estimate of drug-likeness (QED) is 0.619. The van der Waals surface area contributed by atoms with Gasteiger partial charge >= 0.3 is 0 Å². The predicted molar refractivity (Wildman–Crippen MR) is 115 cm³/mol. The number of benzene rings is 2. The van der Waals surface area contributed by atoms with E-state index in [9.17, 15) is 0 Å². The second-order valence-corrected chi connectivity index (χ2v) is 7.17. The molecule has 2 aromatic carbocycles. The summed E-state index contributed by atoms with van der Waals surface area (Å²) in [6.07, 6.45) is 0. The minimum absolute atomic E-state index is 0.537. The van der Waals surface area contributed by atoms with Crippen LogP contribution < -0.4 is 15.5 Å². The van der Waals surface area contributed by atoms with Crippen LogP contribution >= 0.6 is 0 Å². The van der Waals surface area contributed by atoms with Crippen LogP contribution in [0.15, 0.2) is 60.7 Å². The SMILES string of the molecule is CC(C)CNc1cc(-c2ccccc2)nc(Nc2ccc(N(C)C)cc2)n1. The largest absolute Gasteiger partial charge is 0.378 e. The topological polar surface area (TPSA) is 53.1 Å². The first-order valence-electron chi connectivity index (χ1n) is 9.24. The molecule has 0 radical (unpaired) electrons. The van der Waals surface area contributed by atoms with Crippen molar-refractivity contribution < 1.29 is 0 Å². The van der Waals surface area contributed by atoms with E-state index in [-0.39, 0.29) is 0 Å². The molecular formula is C22H27N5. The summed E-state index contributed by atoms with van der Waals surface area (Å²) in [5.41, 5.74) is 4.07. The summed E-state index contributed by atoms with van der Waals surface area (Å²) in [6, 6.07) is 20.4. The lowest BCUT2D eigenvalue weighted by Crippen LogP contribution is -2.11. The van der Waals surface area contributed by atoms with Gasteiger partial charge in [-0.05, 0) is 30.2 Å². The first-order chi connectivity index (χ1) is 13.0. The zero-order valence-electron chi connectivity index (χ0n) is 16.4. The van der Waals surface area contributed by atoms with Crippen molar-refractivity contribution in [3.8, 4) is 11.3 Å². The van der Waals surface area contributed by atoms with E-state index in [1.54, 1.807) is 0 Å². The molecule has 0 atom stereocenters. The van der Waals surface area contributed by atoms with E-state index in [0.29, 0.717) is 11.9 Å². The second kappa shape index (κ2) is 8.54. The number of aromatic nitrogens is 2. The highest BCUT2D eigenvalue weighted by Gasteiger charge is 2.08. The summed E-state index contributed by atoms with van der Waals surface area (Å²) in [5.74, 6) is 1.94. The number of hydrogen-bond donors (Lipinski definition) is 2. The molecule has 5 heteroatoms. The van der Waals surface area contributed by atoms with Gasteiger partial charge in [-0.1, -0.05) is 44.2 Å². The molecule has 1 heterocycles. The summed E-state index contributed by atoms with van der Waals surface area (Å²) in [6.45, 7) is 5.22. The molecule has 3 rings (SSSR count). The van der Waals surface area contributed by atoms with E-state index in [4.69, 9.17) is 4.98 Å². The Hall–Kier alpha value is -3.08. The molecule has 0 aliphatic rings. The maximum absolute atomic E-state index is 4.71. The van der Waals surface area contributed by atoms with Crippen LogP contribution in [0, 0.1) is 5.92 Å². The standard InChI is InChI=1S/C22H27N5/c1-16(2)15-23-21-14-20(17-8-6-5-7-9-17)25-22(26-21)24-18-10-12-19(13-11-18)27(3)4/h5-14,16H,15H2,1-4H3,(H2,23,24,25,26). The molecule has 0 saturated heterocycles. The van der Waals surface area contributed by atoms with Crippen molar-refractivity contribution in [2.75, 3.05) is 36.2 Å². The zero-order chi connectivity index (χ0) is 19.2. The molecule has 0 fully saturated rings. The van der Waals surface area contributed by atoms with E-state index in [1.165, 1.54) is 0 Å². The molecule has 0 bridgehead atoms. The molecule has 0 unspecified atom stereocenters. The molecule has 1 aromatic heterocycles. The van der Waals surface area contributed by atoms with Gasteiger partial charge in [-0.15, -0.1) is 0 Å². The lowest BCUT2D eigenvalue weighted by Gasteiger charge is -2.14. The smallest absolute Gasteiger partial charge is 0.229 e. The lowest BCUT2D eigenvalue weighted by molar-refractivity contribution is 0.687. The van der Waals surface area contributed by atoms with E-state index in [0.717, 1.165) is 35.0 Å². The third-order valence-electron chi connectivity index (χ3n) is 4.13. The fourth-order valence-electron chi connectivity index (χ4n) is 2.63. The Kier molecular flexibility index (Phi) is 5.91. The van der Waals surface area contributed by atoms with Crippen molar-refractivity contribution >= 4 is 23.1 Å². The molecule has 3 aromatic rings. The minimum Gasteiger partial charge on any atom is -0.378 e. The Labute approximate surface area is 161 Å². The molecule has 2 N–H and O–H groups in total. The normalized spacial score (nSPS) is 10.7. The number of hydrogen-bond acceptors (Lipinski definition) is 5. The third-order valence-corrected chi connectivity index (χ3v) is 4.13. The fraction of sp³-hybridized carbons (Fsp3) is 0.273. The van der Waals surface area contributed by atoms with E-state index in [1.807, 2.05) is 50.5 Å². The van der Waals surface area contributed by atoms with Crippen molar-refractivity contribution in [3.63, 3.8) is 0 Å². The second-order valence-electron chi connectivity index (χ2n) is 7.17. The van der Waals surface area contributed by atoms with Gasteiger partial charge in [0.2, 0.25) is 5.95 Å². The average Bonchev–Trinajstić information content (AvgIpc) is 2.67. The molecule has 0 amide bonds. The van der Waals surface area contributed by atoms with Gasteiger partial charge in [0, 0.05) is 43.6 Å². The first-order valence-corrected chi connectivity index (χ1v) is 9.24. The van der Waals surface area contributed by atoms with Gasteiger partial charge in [0.05, 0.1) is 5.69 Å². The van der Waals surface area contributed by atoms with Gasteiger partial charge in [-0.25, -0.2) is 4.98 Å². The first kappa shape index (κ1) is 18.7. The summed E-state index contributed by atoms with van der Waals surface area (Å²) in [7, 11) is 4.06. The van der Waals surface area contributed by atoms with Crippen molar-refractivity contribution in [1.82, 2.24) is 9.97 Å². The Morgan fingerprint density at radius 1 is 0.926 bits per heavy atom. The molecule has 0 spiro atoms. The van der Waals surface area contributed by atoms with Crippen LogP contribution in [0.3, 0.4) is 0 Å². The van der Waals surface area contributed by atoms with Crippen LogP contribution in [0.1, 0.15) is 13.8 Å². The Morgan fingerprint density at radius 2 is 1.63 bits per heavy atom. The number of rotatable bonds is 7. The van der Waals surface area contributed by atoms with E-state index >= 15 is 0 Å². The van der Waals surface area contributed by atoms with Crippen LogP contribution in [0.25, 0.3) is 11.3 Å². The third kappa shape index (κ3) is 5.20. The molecule has 27 heavy (non-hydrogen) atoms. The van der Waals surface area contributed by atoms with Gasteiger partial charge in [-0.3, -0.25) is 0 Å². The van der Waals surface area contributed by atoms with Gasteiger partial charge in [-0.2, -0.15) is 4.98 Å². The molecule has 0 aliphatic heterocycles. The van der Waals surface area contributed by atoms with Crippen molar-refractivity contribution in [2.24, 2.45) is 5.92 Å². The van der Waals surface area contributed by atoms with E-state index in [2.05, 4.69) is 58.6 Å². The highest BCUT2D eigenvalue weighted by Crippen LogP contribution is 2.24. The molecule has 0 saturated carbocycles. The van der Waals surface area contributed by atoms with Crippen LogP contribution in [-0.4, -0.2) is 30.6 Å². The van der Waals surface area contributed by atoms with Gasteiger partial charge < -0.3 is 15.5 Å². The summed E-state index contributed by atoms with van der Waals surface area (Å²) < 4.78 is 0. The molecule has 0 aliphatic carbocycles. The van der Waals surface area contributed by atoms with Crippen LogP contribution in [0.5, 0.6) is 0 Å². The van der Waals surface area contributed by atoms with Gasteiger partial charge in [0.15, 0.2) is 0 Å². The highest BCUT2D eigenvalue weighted by atomic mass is 15.1. The summed E-state index contributed by atoms with van der Waals surface area (Å²) in [5, 5.41) is 6.73. The molecule has 140 valence electrons. The maximum atomic E-state index is 4.71. The fourth-order valence-corrected chi connectivity index (χ4v) is 2.63. The number of nitrogens with zero attached hydrogens (tertiary/aromatic N) is 3. The summed E-state index contributed by atoms with van der Waals surface area (Å²) in [4.78, 5) is 11.4.